The number of nitrogens with zero attached hydrogens (tertiary/aromatic N) is 3. The number of anilines is 1. The number of benzene rings is 1. The molecule has 0 radical (unpaired) electrons. The smallest absolute Gasteiger partial charge is 0.335 e. The zero-order valence-electron chi connectivity index (χ0n) is 20.2. The van der Waals surface area contributed by atoms with Crippen molar-refractivity contribution in [1.82, 2.24) is 14.9 Å². The van der Waals surface area contributed by atoms with E-state index in [2.05, 4.69) is 10.3 Å². The number of carbonyl (C=O) groups is 3. The summed E-state index contributed by atoms with van der Waals surface area (Å²) >= 11 is 11.7. The van der Waals surface area contributed by atoms with E-state index in [0.717, 1.165) is 18.1 Å². The van der Waals surface area contributed by atoms with Gasteiger partial charge in [-0.15, -0.1) is 23.2 Å². The highest BCUT2D eigenvalue weighted by molar-refractivity contribution is 6.18. The van der Waals surface area contributed by atoms with Gasteiger partial charge in [-0.3, -0.25) is 4.79 Å². The molecule has 0 aliphatic rings. The minimum Gasteiger partial charge on any atom is -0.480 e. The van der Waals surface area contributed by atoms with E-state index in [1.54, 1.807) is 11.6 Å². The molecular weight excluding hydrogens is 542 g/mol. The zero-order valence-corrected chi connectivity index (χ0v) is 21.7. The van der Waals surface area contributed by atoms with Gasteiger partial charge in [0.2, 0.25) is 12.3 Å². The highest BCUT2D eigenvalue weighted by Gasteiger charge is 2.34. The summed E-state index contributed by atoms with van der Waals surface area (Å²) < 4.78 is 38.1. The van der Waals surface area contributed by atoms with Gasteiger partial charge in [-0.1, -0.05) is 6.92 Å². The molecule has 15 heteroatoms. The first kappa shape index (κ1) is 32.3. The van der Waals surface area contributed by atoms with E-state index >= 15 is 0 Å². The highest BCUT2D eigenvalue weighted by atomic mass is 35.5. The van der Waals surface area contributed by atoms with Crippen LogP contribution in [0.2, 0.25) is 0 Å². The van der Waals surface area contributed by atoms with Gasteiger partial charge in [-0.05, 0) is 18.2 Å². The SMILES string of the molecule is CC(C(F)F)[C@H](NC(=O)[C@@H](N)Cc1nc2cc(N(CCCl)CCCl)ccc2n1C)C(=O)O.O=C(O)CF. The second-order valence-electron chi connectivity index (χ2n) is 7.98. The molecule has 1 unspecified atom stereocenters. The van der Waals surface area contributed by atoms with Crippen LogP contribution in [0, 0.1) is 5.92 Å². The molecule has 5 N–H and O–H groups in total. The number of fused-ring (bicyclic) bond motifs is 1. The molecule has 0 aliphatic carbocycles. The Balaban J connectivity index is 0.00000124. The fraction of sp³-hybridized carbons (Fsp3) is 0.545. The van der Waals surface area contributed by atoms with Crippen molar-refractivity contribution in [2.75, 3.05) is 36.4 Å². The van der Waals surface area contributed by atoms with Gasteiger partial charge in [-0.2, -0.15) is 0 Å². The van der Waals surface area contributed by atoms with Crippen molar-refractivity contribution in [1.29, 1.82) is 0 Å². The first-order valence-corrected chi connectivity index (χ1v) is 12.1. The number of aryl methyl sites for hydroxylation is 1. The number of carbonyl (C=O) groups excluding carboxylic acids is 1. The lowest BCUT2D eigenvalue weighted by Gasteiger charge is -2.22. The van der Waals surface area contributed by atoms with Crippen molar-refractivity contribution in [2.45, 2.75) is 31.9 Å². The molecule has 2 rings (SSSR count). The molecular formula is C22H30Cl2F3N5O5. The molecule has 1 aromatic carbocycles. The number of nitrogens with two attached hydrogens (primary N) is 1. The van der Waals surface area contributed by atoms with Crippen molar-refractivity contribution in [3.8, 4) is 0 Å². The van der Waals surface area contributed by atoms with Gasteiger partial charge in [-0.25, -0.2) is 27.7 Å². The second kappa shape index (κ2) is 15.5. The van der Waals surface area contributed by atoms with Crippen molar-refractivity contribution >= 4 is 57.8 Å². The number of imidazole rings is 1. The molecule has 1 heterocycles. The van der Waals surface area contributed by atoms with E-state index in [-0.39, 0.29) is 6.42 Å². The molecule has 1 aromatic heterocycles. The lowest BCUT2D eigenvalue weighted by Crippen LogP contribution is -2.53. The van der Waals surface area contributed by atoms with Gasteiger partial charge < -0.3 is 30.7 Å². The van der Waals surface area contributed by atoms with Gasteiger partial charge >= 0.3 is 11.9 Å². The highest BCUT2D eigenvalue weighted by Crippen LogP contribution is 2.23. The minimum absolute atomic E-state index is 0.00514. The van der Waals surface area contributed by atoms with Crippen LogP contribution in [0.3, 0.4) is 0 Å². The van der Waals surface area contributed by atoms with Crippen molar-refractivity contribution in [3.05, 3.63) is 24.0 Å². The van der Waals surface area contributed by atoms with Crippen LogP contribution < -0.4 is 16.0 Å². The maximum Gasteiger partial charge on any atom is 0.335 e. The molecule has 3 atom stereocenters. The van der Waals surface area contributed by atoms with Gasteiger partial charge in [0.25, 0.3) is 0 Å². The van der Waals surface area contributed by atoms with E-state index in [0.29, 0.717) is 36.2 Å². The Bertz CT molecular complexity index is 1050. The van der Waals surface area contributed by atoms with Gasteiger partial charge in [0, 0.05) is 49.9 Å². The Morgan fingerprint density at radius 1 is 1.19 bits per heavy atom. The van der Waals surface area contributed by atoms with Crippen LogP contribution in [0.5, 0.6) is 0 Å². The fourth-order valence-electron chi connectivity index (χ4n) is 3.30. The molecule has 1 amide bonds. The Morgan fingerprint density at radius 3 is 2.22 bits per heavy atom. The van der Waals surface area contributed by atoms with E-state index < -0.39 is 48.9 Å². The zero-order chi connectivity index (χ0) is 28.3. The summed E-state index contributed by atoms with van der Waals surface area (Å²) in [7, 11) is 1.77. The monoisotopic (exact) mass is 571 g/mol. The Hall–Kier alpha value is -2.77. The number of aromatic nitrogens is 2. The largest absolute Gasteiger partial charge is 0.480 e. The predicted octanol–water partition coefficient (Wildman–Crippen LogP) is 2.24. The van der Waals surface area contributed by atoms with Crippen LogP contribution in [0.15, 0.2) is 18.2 Å². The summed E-state index contributed by atoms with van der Waals surface area (Å²) in [4.78, 5) is 39.3. The summed E-state index contributed by atoms with van der Waals surface area (Å²) in [6, 6.07) is 2.77. The van der Waals surface area contributed by atoms with E-state index in [1.165, 1.54) is 0 Å². The Kier molecular flexibility index (Phi) is 13.5. The molecule has 0 fully saturated rings. The quantitative estimate of drug-likeness (QED) is 0.267. The first-order chi connectivity index (χ1) is 17.4. The van der Waals surface area contributed by atoms with E-state index in [4.69, 9.17) is 38.8 Å². The maximum absolute atomic E-state index is 12.9. The average molecular weight is 572 g/mol. The number of hydrogen-bond donors (Lipinski definition) is 4. The number of aliphatic carboxylic acids is 2. The van der Waals surface area contributed by atoms with Crippen molar-refractivity contribution in [3.63, 3.8) is 0 Å². The second-order valence-corrected chi connectivity index (χ2v) is 8.74. The number of amides is 1. The summed E-state index contributed by atoms with van der Waals surface area (Å²) in [6.07, 6.45) is -2.91. The molecule has 0 saturated carbocycles. The first-order valence-electron chi connectivity index (χ1n) is 11.0. The van der Waals surface area contributed by atoms with Gasteiger partial charge in [0.05, 0.1) is 17.1 Å². The average Bonchev–Trinajstić information content (AvgIpc) is 3.15. The Labute approximate surface area is 221 Å². The van der Waals surface area contributed by atoms with E-state index in [1.807, 2.05) is 23.1 Å². The number of carboxylic acid groups (broad SMARTS) is 2. The van der Waals surface area contributed by atoms with Crippen molar-refractivity contribution < 1.29 is 37.8 Å². The number of nitrogens with one attached hydrogen (secondary N) is 1. The fourth-order valence-corrected chi connectivity index (χ4v) is 3.71. The minimum atomic E-state index is -2.90. The van der Waals surface area contributed by atoms with E-state index in [9.17, 15) is 27.9 Å². The van der Waals surface area contributed by atoms with Gasteiger partial charge in [0.15, 0.2) is 6.67 Å². The van der Waals surface area contributed by atoms with Crippen LogP contribution >= 0.6 is 23.2 Å². The lowest BCUT2D eigenvalue weighted by atomic mass is 10.0. The molecule has 2 aromatic rings. The van der Waals surface area contributed by atoms with Crippen LogP contribution in [0.4, 0.5) is 18.9 Å². The summed E-state index contributed by atoms with van der Waals surface area (Å²) in [5.74, 6) is -4.00. The molecule has 208 valence electrons. The Morgan fingerprint density at radius 2 is 1.76 bits per heavy atom. The number of hydrogen-bond acceptors (Lipinski definition) is 6. The third kappa shape index (κ3) is 9.56. The number of halogens is 5. The third-order valence-electron chi connectivity index (χ3n) is 5.37. The van der Waals surface area contributed by atoms with Crippen LogP contribution in [-0.4, -0.2) is 87.6 Å². The standard InChI is InChI=1S/C20H27Cl2F2N5O3.C2H3FO2/c1-11(18(23)24)17(20(31)32)27-19(30)13(25)10-16-26-14-9-12(3-4-15(14)28(16)2)29(7-5-21)8-6-22;3-1-2(4)5/h3-4,9,11,13,17-18H,5-8,10,25H2,1-2H3,(H,27,30)(H,31,32);1H2,(H,4,5)/t11?,13-,17-;/m0./s1. The molecule has 0 saturated heterocycles. The number of rotatable bonds is 13. The maximum atomic E-state index is 12.9. The molecule has 37 heavy (non-hydrogen) atoms. The van der Waals surface area contributed by atoms with Gasteiger partial charge in [0.1, 0.15) is 11.9 Å². The summed E-state index contributed by atoms with van der Waals surface area (Å²) in [5, 5.41) is 18.6. The number of alkyl halides is 5. The molecule has 10 nitrogen and oxygen atoms in total. The molecule has 0 bridgehead atoms. The van der Waals surface area contributed by atoms with Crippen LogP contribution in [0.1, 0.15) is 12.7 Å². The normalized spacial score (nSPS) is 13.4. The predicted molar refractivity (Wildman–Crippen MR) is 134 cm³/mol. The van der Waals surface area contributed by atoms with Crippen LogP contribution in [0.25, 0.3) is 11.0 Å². The van der Waals surface area contributed by atoms with Crippen LogP contribution in [-0.2, 0) is 27.9 Å². The number of carboxylic acids is 2. The molecule has 0 spiro atoms. The molecule has 0 aliphatic heterocycles. The topological polar surface area (TPSA) is 151 Å². The summed E-state index contributed by atoms with van der Waals surface area (Å²) in [5.41, 5.74) is 8.32. The lowest BCUT2D eigenvalue weighted by molar-refractivity contribution is -0.145. The van der Waals surface area contributed by atoms with Crippen molar-refractivity contribution in [2.24, 2.45) is 18.7 Å². The summed E-state index contributed by atoms with van der Waals surface area (Å²) in [6.45, 7) is 1.01. The third-order valence-corrected chi connectivity index (χ3v) is 5.71.